The van der Waals surface area contributed by atoms with Crippen molar-refractivity contribution in [3.8, 4) is 0 Å². The number of nitrogens with zero attached hydrogens (tertiary/aromatic N) is 4. The number of likely N-dealkylation sites (N-methyl/N-ethyl adjacent to an activating group) is 2. The Bertz CT molecular complexity index is 643. The summed E-state index contributed by atoms with van der Waals surface area (Å²) in [4.78, 5) is 34.1. The molecule has 0 spiro atoms. The molecule has 0 aliphatic heterocycles. The van der Waals surface area contributed by atoms with Crippen molar-refractivity contribution in [2.45, 2.75) is 27.3 Å². The van der Waals surface area contributed by atoms with Crippen molar-refractivity contribution in [2.75, 3.05) is 47.3 Å². The van der Waals surface area contributed by atoms with Gasteiger partial charge in [0, 0.05) is 46.3 Å². The summed E-state index contributed by atoms with van der Waals surface area (Å²) in [5.74, 6) is 0.749. The van der Waals surface area contributed by atoms with E-state index in [2.05, 4.69) is 10.3 Å². The fourth-order valence-electron chi connectivity index (χ4n) is 2.60. The molecule has 1 rings (SSSR count). The molecule has 0 radical (unpaired) electrons. The summed E-state index contributed by atoms with van der Waals surface area (Å²) >= 11 is 0. The Hall–Kier alpha value is -1.84. The third-order valence-corrected chi connectivity index (χ3v) is 4.20. The number of nitrogens with one attached hydrogen (secondary N) is 1. The molecule has 0 unspecified atom stereocenters. The van der Waals surface area contributed by atoms with Crippen LogP contribution in [0.3, 0.4) is 0 Å². The summed E-state index contributed by atoms with van der Waals surface area (Å²) < 4.78 is 0. The summed E-state index contributed by atoms with van der Waals surface area (Å²) in [5, 5.41) is 3.22. The van der Waals surface area contributed by atoms with Gasteiger partial charge < -0.3 is 20.0 Å². The van der Waals surface area contributed by atoms with E-state index in [1.54, 1.807) is 23.9 Å². The second kappa shape index (κ2) is 13.4. The number of rotatable bonds is 8. The van der Waals surface area contributed by atoms with Gasteiger partial charge in [0.25, 0.3) is 5.91 Å². The molecule has 1 aromatic rings. The number of amides is 2. The predicted molar refractivity (Wildman–Crippen MR) is 125 cm³/mol. The van der Waals surface area contributed by atoms with Gasteiger partial charge in [-0.3, -0.25) is 9.59 Å². The maximum absolute atomic E-state index is 12.3. The van der Waals surface area contributed by atoms with E-state index in [0.29, 0.717) is 31.2 Å². The molecule has 8 heteroatoms. The molecule has 0 fully saturated rings. The molecule has 1 N–H and O–H groups in total. The monoisotopic (exact) mass is 503 g/mol. The van der Waals surface area contributed by atoms with Crippen LogP contribution in [0.15, 0.2) is 29.3 Å². The van der Waals surface area contributed by atoms with E-state index in [-0.39, 0.29) is 42.3 Å². The molecule has 7 nitrogen and oxygen atoms in total. The van der Waals surface area contributed by atoms with E-state index in [1.807, 2.05) is 57.0 Å². The Kier molecular flexibility index (Phi) is 12.5. The number of benzene rings is 1. The number of carbonyl (C=O) groups is 2. The minimum atomic E-state index is -0.0203. The maximum atomic E-state index is 12.3. The average molecular weight is 503 g/mol. The van der Waals surface area contributed by atoms with Gasteiger partial charge in [0.15, 0.2) is 5.96 Å². The topological polar surface area (TPSA) is 68.2 Å². The zero-order valence-corrected chi connectivity index (χ0v) is 20.2. The van der Waals surface area contributed by atoms with Crippen molar-refractivity contribution in [1.29, 1.82) is 0 Å². The Morgan fingerprint density at radius 2 is 1.57 bits per heavy atom. The molecule has 0 saturated heterocycles. The molecule has 28 heavy (non-hydrogen) atoms. The molecular weight excluding hydrogens is 469 g/mol. The lowest BCUT2D eigenvalue weighted by Gasteiger charge is -2.25. The van der Waals surface area contributed by atoms with Gasteiger partial charge in [-0.2, -0.15) is 0 Å². The fraction of sp³-hybridized carbons (Fsp3) is 0.550. The number of guanidine groups is 1. The molecule has 1 aromatic carbocycles. The van der Waals surface area contributed by atoms with E-state index in [9.17, 15) is 9.59 Å². The van der Waals surface area contributed by atoms with Crippen LogP contribution in [-0.2, 0) is 11.3 Å². The number of carbonyl (C=O) groups excluding carboxylic acids is 2. The highest BCUT2D eigenvalue weighted by atomic mass is 127. The van der Waals surface area contributed by atoms with Gasteiger partial charge in [-0.1, -0.05) is 12.1 Å². The first kappa shape index (κ1) is 26.2. The second-order valence-electron chi connectivity index (χ2n) is 6.49. The lowest BCUT2D eigenvalue weighted by molar-refractivity contribution is -0.131. The first-order valence-electron chi connectivity index (χ1n) is 9.41. The van der Waals surface area contributed by atoms with Crippen molar-refractivity contribution in [2.24, 2.45) is 4.99 Å². The predicted octanol–water partition coefficient (Wildman–Crippen LogP) is 2.27. The molecule has 0 heterocycles. The molecule has 0 atom stereocenters. The average Bonchev–Trinajstić information content (AvgIpc) is 2.65. The summed E-state index contributed by atoms with van der Waals surface area (Å²) in [6.45, 7) is 8.84. The zero-order chi connectivity index (χ0) is 20.4. The van der Waals surface area contributed by atoms with Gasteiger partial charge in [0.2, 0.25) is 5.91 Å². The molecule has 0 aliphatic rings. The van der Waals surface area contributed by atoms with E-state index in [1.165, 1.54) is 0 Å². The molecule has 2 amide bonds. The highest BCUT2D eigenvalue weighted by Crippen LogP contribution is 2.08. The summed E-state index contributed by atoms with van der Waals surface area (Å²) in [6.07, 6.45) is 0. The highest BCUT2D eigenvalue weighted by Gasteiger charge is 2.15. The van der Waals surface area contributed by atoms with Crippen LogP contribution in [-0.4, -0.2) is 79.8 Å². The lowest BCUT2D eigenvalue weighted by Crippen LogP contribution is -2.45. The number of halogens is 1. The van der Waals surface area contributed by atoms with E-state index >= 15 is 0 Å². The van der Waals surface area contributed by atoms with Crippen LogP contribution in [0.2, 0.25) is 0 Å². The van der Waals surface area contributed by atoms with Crippen LogP contribution < -0.4 is 5.32 Å². The third-order valence-electron chi connectivity index (χ3n) is 4.20. The van der Waals surface area contributed by atoms with Gasteiger partial charge in [0.1, 0.15) is 0 Å². The molecular formula is C20H34IN5O2. The van der Waals surface area contributed by atoms with Gasteiger partial charge >= 0.3 is 0 Å². The van der Waals surface area contributed by atoms with Crippen LogP contribution in [0, 0.1) is 0 Å². The van der Waals surface area contributed by atoms with Crippen molar-refractivity contribution in [1.82, 2.24) is 20.0 Å². The second-order valence-corrected chi connectivity index (χ2v) is 6.49. The molecule has 0 aromatic heterocycles. The zero-order valence-electron chi connectivity index (χ0n) is 17.9. The van der Waals surface area contributed by atoms with Crippen LogP contribution >= 0.6 is 24.0 Å². The first-order valence-corrected chi connectivity index (χ1v) is 9.41. The van der Waals surface area contributed by atoms with Gasteiger partial charge in [-0.25, -0.2) is 4.99 Å². The van der Waals surface area contributed by atoms with Crippen molar-refractivity contribution in [3.05, 3.63) is 35.4 Å². The normalized spacial score (nSPS) is 10.7. The number of hydrogen-bond donors (Lipinski definition) is 1. The number of hydrogen-bond acceptors (Lipinski definition) is 3. The Morgan fingerprint density at radius 1 is 1.00 bits per heavy atom. The van der Waals surface area contributed by atoms with Crippen molar-refractivity contribution >= 4 is 41.8 Å². The van der Waals surface area contributed by atoms with E-state index in [0.717, 1.165) is 12.1 Å². The summed E-state index contributed by atoms with van der Waals surface area (Å²) in [6, 6.07) is 7.44. The first-order chi connectivity index (χ1) is 12.8. The Balaban J connectivity index is 0.00000729. The van der Waals surface area contributed by atoms with E-state index in [4.69, 9.17) is 0 Å². The van der Waals surface area contributed by atoms with Crippen LogP contribution in [0.4, 0.5) is 0 Å². The SMILES string of the molecule is CCNC(=NCc1ccc(C(=O)N(C)C)cc1)N(C)CC(=O)N(CC)CC.I. The lowest BCUT2D eigenvalue weighted by atomic mass is 10.1. The highest BCUT2D eigenvalue weighted by molar-refractivity contribution is 14.0. The van der Waals surface area contributed by atoms with Crippen molar-refractivity contribution < 1.29 is 9.59 Å². The quantitative estimate of drug-likeness (QED) is 0.336. The Morgan fingerprint density at radius 3 is 2.04 bits per heavy atom. The molecule has 158 valence electrons. The fourth-order valence-corrected chi connectivity index (χ4v) is 2.60. The maximum Gasteiger partial charge on any atom is 0.253 e. The summed E-state index contributed by atoms with van der Waals surface area (Å²) in [5.41, 5.74) is 1.66. The van der Waals surface area contributed by atoms with Crippen LogP contribution in [0.25, 0.3) is 0 Å². The molecule has 0 saturated carbocycles. The number of aliphatic imine (C=N–C) groups is 1. The Labute approximate surface area is 186 Å². The van der Waals surface area contributed by atoms with Gasteiger partial charge in [0.05, 0.1) is 13.1 Å². The summed E-state index contributed by atoms with van der Waals surface area (Å²) in [7, 11) is 5.33. The van der Waals surface area contributed by atoms with Crippen molar-refractivity contribution in [3.63, 3.8) is 0 Å². The van der Waals surface area contributed by atoms with Crippen LogP contribution in [0.5, 0.6) is 0 Å². The molecule has 0 bridgehead atoms. The van der Waals surface area contributed by atoms with E-state index < -0.39 is 0 Å². The largest absolute Gasteiger partial charge is 0.357 e. The minimum absolute atomic E-state index is 0. The minimum Gasteiger partial charge on any atom is -0.357 e. The third kappa shape index (κ3) is 8.04. The standard InChI is InChI=1S/C20H33N5O2.HI/c1-7-21-20(24(6)15-18(26)25(8-2)9-3)22-14-16-10-12-17(13-11-16)19(27)23(4)5;/h10-13H,7-9,14-15H2,1-6H3,(H,21,22);1H. The molecule has 0 aliphatic carbocycles. The smallest absolute Gasteiger partial charge is 0.253 e. The van der Waals surface area contributed by atoms with Crippen LogP contribution in [0.1, 0.15) is 36.7 Å². The van der Waals surface area contributed by atoms with Gasteiger partial charge in [-0.05, 0) is 38.5 Å². The van der Waals surface area contributed by atoms with Gasteiger partial charge in [-0.15, -0.1) is 24.0 Å².